The smallest absolute Gasteiger partial charge is 0.315 e. The first-order valence-electron chi connectivity index (χ1n) is 5.10. The van der Waals surface area contributed by atoms with Crippen LogP contribution in [0.3, 0.4) is 0 Å². The maximum absolute atomic E-state index is 11.9. The molecule has 1 heterocycles. The highest BCUT2D eigenvalue weighted by Crippen LogP contribution is 2.22. The van der Waals surface area contributed by atoms with E-state index in [1.165, 1.54) is 7.11 Å². The maximum atomic E-state index is 11.9. The van der Waals surface area contributed by atoms with Crippen LogP contribution in [0.5, 0.6) is 0 Å². The largest absolute Gasteiger partial charge is 0.358 e. The molecule has 17 heavy (non-hydrogen) atoms. The summed E-state index contributed by atoms with van der Waals surface area (Å²) in [5.41, 5.74) is 3.91. The molecule has 0 bridgehead atoms. The van der Waals surface area contributed by atoms with E-state index in [2.05, 4.69) is 9.82 Å². The van der Waals surface area contributed by atoms with Crippen molar-refractivity contribution in [2.45, 2.75) is 6.92 Å². The molecule has 2 aromatic rings. The van der Waals surface area contributed by atoms with E-state index in [9.17, 15) is 9.59 Å². The van der Waals surface area contributed by atoms with Gasteiger partial charge in [-0.05, 0) is 13.0 Å². The summed E-state index contributed by atoms with van der Waals surface area (Å²) in [4.78, 5) is 30.9. The fourth-order valence-electron chi connectivity index (χ4n) is 1.82. The number of para-hydroxylation sites is 1. The van der Waals surface area contributed by atoms with Crippen LogP contribution in [0.2, 0.25) is 0 Å². The third kappa shape index (κ3) is 1.92. The fraction of sp³-hybridized carbons (Fsp3) is 0.167. The number of aryl methyl sites for hydroxylation is 1. The zero-order valence-electron chi connectivity index (χ0n) is 9.53. The molecule has 0 atom stereocenters. The molecule has 0 saturated carbocycles. The Kier molecular flexibility index (Phi) is 2.93. The van der Waals surface area contributed by atoms with Crippen molar-refractivity contribution >= 4 is 22.6 Å². The van der Waals surface area contributed by atoms with Gasteiger partial charge in [-0.25, -0.2) is 5.48 Å². The third-order valence-electron chi connectivity index (χ3n) is 2.52. The Morgan fingerprint density at radius 1 is 1.29 bits per heavy atom. The number of Topliss-reactive ketones (excluding diaryl/α,β-unsaturated/α-hetero) is 1. The third-order valence-corrected chi connectivity index (χ3v) is 2.52. The van der Waals surface area contributed by atoms with Crippen molar-refractivity contribution < 1.29 is 14.4 Å². The first-order chi connectivity index (χ1) is 8.15. The monoisotopic (exact) mass is 232 g/mol. The van der Waals surface area contributed by atoms with E-state index < -0.39 is 11.7 Å². The highest BCUT2D eigenvalue weighted by Gasteiger charge is 2.22. The van der Waals surface area contributed by atoms with Crippen LogP contribution in [0, 0.1) is 6.92 Å². The number of benzene rings is 1. The summed E-state index contributed by atoms with van der Waals surface area (Å²) >= 11 is 0. The standard InChI is InChI=1S/C12H12N2O3/c1-7-10(11(15)12(16)14-17-2)8-5-3-4-6-9(8)13-7/h3-6,13H,1-2H3,(H,14,16). The van der Waals surface area contributed by atoms with Crippen LogP contribution in [0.15, 0.2) is 24.3 Å². The second-order valence-corrected chi connectivity index (χ2v) is 3.64. The lowest BCUT2D eigenvalue weighted by atomic mass is 10.1. The number of ketones is 1. The fourth-order valence-corrected chi connectivity index (χ4v) is 1.82. The van der Waals surface area contributed by atoms with Gasteiger partial charge in [0.15, 0.2) is 0 Å². The van der Waals surface area contributed by atoms with Crippen molar-refractivity contribution in [2.24, 2.45) is 0 Å². The topological polar surface area (TPSA) is 71.2 Å². The van der Waals surface area contributed by atoms with Gasteiger partial charge < -0.3 is 4.98 Å². The van der Waals surface area contributed by atoms with Crippen LogP contribution in [0.4, 0.5) is 0 Å². The van der Waals surface area contributed by atoms with Crippen molar-refractivity contribution in [3.05, 3.63) is 35.5 Å². The van der Waals surface area contributed by atoms with Crippen LogP contribution < -0.4 is 5.48 Å². The number of hydrogen-bond acceptors (Lipinski definition) is 3. The number of carbonyl (C=O) groups is 2. The van der Waals surface area contributed by atoms with Gasteiger partial charge in [0.2, 0.25) is 0 Å². The molecule has 0 saturated heterocycles. The lowest BCUT2D eigenvalue weighted by Crippen LogP contribution is -2.30. The van der Waals surface area contributed by atoms with Gasteiger partial charge in [0.1, 0.15) is 0 Å². The zero-order valence-corrected chi connectivity index (χ0v) is 9.53. The molecule has 0 spiro atoms. The van der Waals surface area contributed by atoms with E-state index >= 15 is 0 Å². The summed E-state index contributed by atoms with van der Waals surface area (Å²) in [6.07, 6.45) is 0. The average Bonchev–Trinajstić information content (AvgIpc) is 2.64. The molecule has 0 aliphatic heterocycles. The van der Waals surface area contributed by atoms with Crippen LogP contribution >= 0.6 is 0 Å². The van der Waals surface area contributed by atoms with Gasteiger partial charge in [-0.2, -0.15) is 0 Å². The van der Waals surface area contributed by atoms with Crippen molar-refractivity contribution in [1.29, 1.82) is 0 Å². The summed E-state index contributed by atoms with van der Waals surface area (Å²) < 4.78 is 0. The van der Waals surface area contributed by atoms with Gasteiger partial charge in [0, 0.05) is 16.6 Å². The Balaban J connectivity index is 2.51. The number of hydroxylamine groups is 1. The number of fused-ring (bicyclic) bond motifs is 1. The van der Waals surface area contributed by atoms with Crippen LogP contribution in [0.1, 0.15) is 16.1 Å². The normalized spacial score (nSPS) is 10.5. The van der Waals surface area contributed by atoms with Crippen LogP contribution in [0.25, 0.3) is 10.9 Å². The van der Waals surface area contributed by atoms with Gasteiger partial charge >= 0.3 is 5.91 Å². The molecule has 0 radical (unpaired) electrons. The number of nitrogens with one attached hydrogen (secondary N) is 2. The number of amides is 1. The quantitative estimate of drug-likeness (QED) is 0.476. The number of hydrogen-bond donors (Lipinski definition) is 2. The molecule has 5 heteroatoms. The average molecular weight is 232 g/mol. The zero-order chi connectivity index (χ0) is 12.4. The number of aromatic amines is 1. The van der Waals surface area contributed by atoms with Crippen molar-refractivity contribution in [1.82, 2.24) is 10.5 Å². The first kappa shape index (κ1) is 11.3. The first-order valence-corrected chi connectivity index (χ1v) is 5.10. The predicted molar refractivity (Wildman–Crippen MR) is 62.5 cm³/mol. The van der Waals surface area contributed by atoms with Crippen molar-refractivity contribution in [3.8, 4) is 0 Å². The van der Waals surface area contributed by atoms with Crippen molar-refractivity contribution in [2.75, 3.05) is 7.11 Å². The molecule has 5 nitrogen and oxygen atoms in total. The number of carbonyl (C=O) groups excluding carboxylic acids is 2. The Bertz CT molecular complexity index is 586. The number of aromatic nitrogens is 1. The molecule has 88 valence electrons. The van der Waals surface area contributed by atoms with Gasteiger partial charge in [-0.1, -0.05) is 18.2 Å². The lowest BCUT2D eigenvalue weighted by Gasteiger charge is -2.01. The number of H-pyrrole nitrogens is 1. The van der Waals surface area contributed by atoms with Gasteiger partial charge in [-0.15, -0.1) is 0 Å². The molecular weight excluding hydrogens is 220 g/mol. The Hall–Kier alpha value is -2.14. The second-order valence-electron chi connectivity index (χ2n) is 3.64. The molecular formula is C12H12N2O3. The van der Waals surface area contributed by atoms with E-state index in [0.29, 0.717) is 11.3 Å². The van der Waals surface area contributed by atoms with E-state index in [0.717, 1.165) is 10.9 Å². The molecule has 0 unspecified atom stereocenters. The van der Waals surface area contributed by atoms with E-state index in [4.69, 9.17) is 0 Å². The molecule has 2 N–H and O–H groups in total. The minimum atomic E-state index is -0.777. The van der Waals surface area contributed by atoms with E-state index in [-0.39, 0.29) is 0 Å². The molecule has 1 aromatic carbocycles. The highest BCUT2D eigenvalue weighted by atomic mass is 16.6. The Labute approximate surface area is 97.7 Å². The minimum Gasteiger partial charge on any atom is -0.358 e. The van der Waals surface area contributed by atoms with Gasteiger partial charge in [0.05, 0.1) is 12.7 Å². The molecule has 0 aliphatic carbocycles. The molecule has 2 rings (SSSR count). The molecule has 0 aliphatic rings. The van der Waals surface area contributed by atoms with E-state index in [1.807, 2.05) is 23.7 Å². The van der Waals surface area contributed by atoms with E-state index in [1.54, 1.807) is 13.0 Å². The summed E-state index contributed by atoms with van der Waals surface area (Å²) in [6.45, 7) is 1.76. The predicted octanol–water partition coefficient (Wildman–Crippen LogP) is 1.34. The van der Waals surface area contributed by atoms with Gasteiger partial charge in [0.25, 0.3) is 5.78 Å². The lowest BCUT2D eigenvalue weighted by molar-refractivity contribution is -0.126. The Morgan fingerprint density at radius 3 is 2.71 bits per heavy atom. The SMILES string of the molecule is CONC(=O)C(=O)c1c(C)[nH]c2ccccc12. The number of rotatable bonds is 3. The summed E-state index contributed by atoms with van der Waals surface area (Å²) in [5, 5.41) is 0.737. The summed E-state index contributed by atoms with van der Waals surface area (Å²) in [5.74, 6) is -1.39. The molecule has 1 amide bonds. The van der Waals surface area contributed by atoms with Crippen LogP contribution in [-0.4, -0.2) is 23.8 Å². The van der Waals surface area contributed by atoms with Gasteiger partial charge in [-0.3, -0.25) is 14.4 Å². The summed E-state index contributed by atoms with van der Waals surface area (Å²) in [7, 11) is 1.28. The maximum Gasteiger partial charge on any atom is 0.315 e. The second kappa shape index (κ2) is 4.39. The highest BCUT2D eigenvalue weighted by molar-refractivity contribution is 6.45. The minimum absolute atomic E-state index is 0.384. The molecule has 1 aromatic heterocycles. The molecule has 0 fully saturated rings. The summed E-state index contributed by atoms with van der Waals surface area (Å²) in [6, 6.07) is 7.34. The Morgan fingerprint density at radius 2 is 2.00 bits per heavy atom. The van der Waals surface area contributed by atoms with Crippen LogP contribution in [-0.2, 0) is 9.63 Å². The van der Waals surface area contributed by atoms with Crippen molar-refractivity contribution in [3.63, 3.8) is 0 Å².